The number of imidazole rings is 1. The first-order chi connectivity index (χ1) is 11.2. The Hall–Kier alpha value is -2.05. The maximum Gasteiger partial charge on any atom is 0.242 e. The first-order valence-electron chi connectivity index (χ1n) is 7.62. The molecule has 1 atom stereocenters. The van der Waals surface area contributed by atoms with E-state index >= 15 is 0 Å². The van der Waals surface area contributed by atoms with Crippen molar-refractivity contribution in [2.24, 2.45) is 5.92 Å². The van der Waals surface area contributed by atoms with Crippen molar-refractivity contribution in [2.45, 2.75) is 13.0 Å². The maximum absolute atomic E-state index is 14.0. The highest BCUT2D eigenvalue weighted by molar-refractivity contribution is 5.95. The normalized spacial score (nSPS) is 16.1. The topological polar surface area (TPSA) is 53.4 Å². The number of Topliss-reactive ketones (excluding diaryl/α,β-unsaturated/α-hetero) is 1. The van der Waals surface area contributed by atoms with E-state index in [0.717, 1.165) is 5.56 Å². The summed E-state index contributed by atoms with van der Waals surface area (Å²) < 4.78 is 26.0. The molecule has 0 N–H and O–H groups in total. The number of aromatic nitrogens is 2. The van der Waals surface area contributed by atoms with Crippen LogP contribution in [0.15, 0.2) is 36.7 Å². The first-order valence-corrected chi connectivity index (χ1v) is 7.62. The Kier molecular flexibility index (Phi) is 4.83. The van der Waals surface area contributed by atoms with Gasteiger partial charge in [-0.25, -0.2) is 4.98 Å². The Morgan fingerprint density at radius 1 is 1.43 bits per heavy atom. The molecule has 0 bridgehead atoms. The molecule has 1 aliphatic rings. The fourth-order valence-electron chi connectivity index (χ4n) is 2.55. The molecule has 1 aromatic heterocycles. The Morgan fingerprint density at radius 2 is 2.17 bits per heavy atom. The zero-order chi connectivity index (χ0) is 16.2. The van der Waals surface area contributed by atoms with E-state index < -0.39 is 11.7 Å². The Labute approximate surface area is 134 Å². The number of nitrogens with zero attached hydrogens (tertiary/aromatic N) is 2. The van der Waals surface area contributed by atoms with E-state index in [4.69, 9.17) is 9.47 Å². The lowest BCUT2D eigenvalue weighted by Crippen LogP contribution is -2.32. The molecular weight excluding hydrogens is 299 g/mol. The van der Waals surface area contributed by atoms with E-state index in [-0.39, 0.29) is 18.3 Å². The maximum atomic E-state index is 14.0. The summed E-state index contributed by atoms with van der Waals surface area (Å²) >= 11 is 0. The van der Waals surface area contributed by atoms with Gasteiger partial charge >= 0.3 is 0 Å². The molecule has 6 heteroatoms. The van der Waals surface area contributed by atoms with Gasteiger partial charge < -0.3 is 14.0 Å². The largest absolute Gasteiger partial charge is 0.381 e. The highest BCUT2D eigenvalue weighted by Gasteiger charge is 2.24. The SMILES string of the molecule is C[C@H](c1ccccc1)n1cnc(F)c1C(=O)COCC1COC1. The minimum absolute atomic E-state index is 0.0359. The Bertz CT molecular complexity index is 668. The smallest absolute Gasteiger partial charge is 0.242 e. The summed E-state index contributed by atoms with van der Waals surface area (Å²) in [5, 5.41) is 0. The lowest BCUT2D eigenvalue weighted by Gasteiger charge is -2.25. The molecule has 2 heterocycles. The molecule has 1 aromatic carbocycles. The monoisotopic (exact) mass is 318 g/mol. The number of rotatable bonds is 7. The predicted molar refractivity (Wildman–Crippen MR) is 81.9 cm³/mol. The summed E-state index contributed by atoms with van der Waals surface area (Å²) in [6, 6.07) is 9.41. The van der Waals surface area contributed by atoms with Gasteiger partial charge in [0.15, 0.2) is 0 Å². The second-order valence-electron chi connectivity index (χ2n) is 5.72. The van der Waals surface area contributed by atoms with Crippen molar-refractivity contribution >= 4 is 5.78 Å². The van der Waals surface area contributed by atoms with Gasteiger partial charge in [0.2, 0.25) is 11.7 Å². The van der Waals surface area contributed by atoms with Crippen molar-refractivity contribution in [2.75, 3.05) is 26.4 Å². The van der Waals surface area contributed by atoms with Gasteiger partial charge in [0.25, 0.3) is 0 Å². The lowest BCUT2D eigenvalue weighted by atomic mass is 10.1. The third-order valence-electron chi connectivity index (χ3n) is 4.01. The summed E-state index contributed by atoms with van der Waals surface area (Å²) in [6.07, 6.45) is 1.36. The molecule has 122 valence electrons. The second kappa shape index (κ2) is 7.02. The number of carbonyl (C=O) groups excluding carboxylic acids is 1. The molecule has 5 nitrogen and oxygen atoms in total. The van der Waals surface area contributed by atoms with Gasteiger partial charge in [0.1, 0.15) is 12.3 Å². The molecule has 1 fully saturated rings. The number of hydrogen-bond acceptors (Lipinski definition) is 4. The van der Waals surface area contributed by atoms with Crippen LogP contribution in [0.4, 0.5) is 4.39 Å². The summed E-state index contributed by atoms with van der Waals surface area (Å²) in [5.41, 5.74) is 0.942. The van der Waals surface area contributed by atoms with Gasteiger partial charge in [-0.2, -0.15) is 4.39 Å². The molecule has 0 aliphatic carbocycles. The van der Waals surface area contributed by atoms with Crippen LogP contribution in [0.5, 0.6) is 0 Å². The second-order valence-corrected chi connectivity index (χ2v) is 5.72. The minimum Gasteiger partial charge on any atom is -0.381 e. The van der Waals surface area contributed by atoms with E-state index in [1.165, 1.54) is 6.33 Å². The van der Waals surface area contributed by atoms with Crippen LogP contribution in [0.1, 0.15) is 29.0 Å². The number of benzene rings is 1. The van der Waals surface area contributed by atoms with Crippen LogP contribution in [-0.2, 0) is 9.47 Å². The van der Waals surface area contributed by atoms with Crippen LogP contribution in [-0.4, -0.2) is 41.8 Å². The van der Waals surface area contributed by atoms with Crippen molar-refractivity contribution in [1.29, 1.82) is 0 Å². The van der Waals surface area contributed by atoms with Gasteiger partial charge in [-0.05, 0) is 12.5 Å². The third-order valence-corrected chi connectivity index (χ3v) is 4.01. The number of hydrogen-bond donors (Lipinski definition) is 0. The summed E-state index contributed by atoms with van der Waals surface area (Å²) in [4.78, 5) is 16.0. The molecule has 2 aromatic rings. The van der Waals surface area contributed by atoms with Crippen LogP contribution >= 0.6 is 0 Å². The molecule has 0 spiro atoms. The van der Waals surface area contributed by atoms with Crippen LogP contribution < -0.4 is 0 Å². The number of halogens is 1. The fourth-order valence-corrected chi connectivity index (χ4v) is 2.55. The highest BCUT2D eigenvalue weighted by Crippen LogP contribution is 2.21. The molecule has 3 rings (SSSR count). The molecule has 23 heavy (non-hydrogen) atoms. The molecule has 0 unspecified atom stereocenters. The van der Waals surface area contributed by atoms with Crippen molar-refractivity contribution in [3.63, 3.8) is 0 Å². The summed E-state index contributed by atoms with van der Waals surface area (Å²) in [7, 11) is 0. The molecule has 0 saturated carbocycles. The van der Waals surface area contributed by atoms with E-state index in [9.17, 15) is 9.18 Å². The Morgan fingerprint density at radius 3 is 2.83 bits per heavy atom. The fraction of sp³-hybridized carbons (Fsp3) is 0.412. The van der Waals surface area contributed by atoms with E-state index in [0.29, 0.717) is 25.7 Å². The first kappa shape index (κ1) is 15.8. The van der Waals surface area contributed by atoms with Gasteiger partial charge in [-0.3, -0.25) is 4.79 Å². The molecule has 0 amide bonds. The zero-order valence-electron chi connectivity index (χ0n) is 12.9. The van der Waals surface area contributed by atoms with Crippen LogP contribution in [0.25, 0.3) is 0 Å². The average Bonchev–Trinajstić information content (AvgIpc) is 2.91. The van der Waals surface area contributed by atoms with E-state index in [1.54, 1.807) is 4.57 Å². The molecule has 1 aliphatic heterocycles. The summed E-state index contributed by atoms with van der Waals surface area (Å²) in [5.74, 6) is -0.822. The number of ether oxygens (including phenoxy) is 2. The van der Waals surface area contributed by atoms with Crippen molar-refractivity contribution in [3.05, 3.63) is 53.9 Å². The quantitative estimate of drug-likeness (QED) is 0.736. The Balaban J connectivity index is 1.71. The van der Waals surface area contributed by atoms with E-state index in [1.807, 2.05) is 37.3 Å². The lowest BCUT2D eigenvalue weighted by molar-refractivity contribution is -0.0687. The highest BCUT2D eigenvalue weighted by atomic mass is 19.1. The predicted octanol–water partition coefficient (Wildman–Crippen LogP) is 2.48. The number of ketones is 1. The van der Waals surface area contributed by atoms with Crippen molar-refractivity contribution in [3.8, 4) is 0 Å². The van der Waals surface area contributed by atoms with Gasteiger partial charge in [0.05, 0.1) is 32.2 Å². The van der Waals surface area contributed by atoms with E-state index in [2.05, 4.69) is 4.98 Å². The molecule has 1 saturated heterocycles. The minimum atomic E-state index is -0.756. The van der Waals surface area contributed by atoms with Gasteiger partial charge in [-0.15, -0.1) is 0 Å². The standard InChI is InChI=1S/C17H19FN2O3/c1-12(14-5-3-2-4-6-14)20-11-19-17(18)16(20)15(21)10-23-9-13-7-22-8-13/h2-6,11-13H,7-10H2,1H3/t12-/m1/s1. The zero-order valence-corrected chi connectivity index (χ0v) is 12.9. The van der Waals surface area contributed by atoms with Crippen LogP contribution in [0.3, 0.4) is 0 Å². The molecular formula is C17H19FN2O3. The van der Waals surface area contributed by atoms with Crippen LogP contribution in [0.2, 0.25) is 0 Å². The third kappa shape index (κ3) is 3.48. The number of carbonyl (C=O) groups is 1. The van der Waals surface area contributed by atoms with Gasteiger partial charge in [-0.1, -0.05) is 30.3 Å². The molecule has 0 radical (unpaired) electrons. The van der Waals surface area contributed by atoms with Crippen molar-refractivity contribution < 1.29 is 18.7 Å². The van der Waals surface area contributed by atoms with Crippen LogP contribution in [0, 0.1) is 11.9 Å². The summed E-state index contributed by atoms with van der Waals surface area (Å²) in [6.45, 7) is 3.52. The van der Waals surface area contributed by atoms with Gasteiger partial charge in [0, 0.05) is 5.92 Å². The average molecular weight is 318 g/mol. The van der Waals surface area contributed by atoms with Crippen molar-refractivity contribution in [1.82, 2.24) is 9.55 Å².